The molecule has 0 radical (unpaired) electrons. The highest BCUT2D eigenvalue weighted by Gasteiger charge is 2.15. The molecule has 2 atom stereocenters. The van der Waals surface area contributed by atoms with Crippen LogP contribution in [-0.4, -0.2) is 17.1 Å². The Morgan fingerprint density at radius 1 is 1.16 bits per heavy atom. The molecule has 3 nitrogen and oxygen atoms in total. The van der Waals surface area contributed by atoms with Gasteiger partial charge in [-0.25, -0.2) is 0 Å². The van der Waals surface area contributed by atoms with Crippen LogP contribution in [0.15, 0.2) is 24.3 Å². The molecule has 19 heavy (non-hydrogen) atoms. The first-order valence-electron chi connectivity index (χ1n) is 6.96. The van der Waals surface area contributed by atoms with Gasteiger partial charge in [-0.2, -0.15) is 0 Å². The summed E-state index contributed by atoms with van der Waals surface area (Å²) in [4.78, 5) is 10.8. The minimum atomic E-state index is -0.705. The second kappa shape index (κ2) is 7.17. The number of aliphatic carboxylic acids is 1. The first-order valence-corrected chi connectivity index (χ1v) is 6.96. The normalized spacial score (nSPS) is 14.2. The van der Waals surface area contributed by atoms with Crippen LogP contribution in [0.5, 0.6) is 0 Å². The zero-order valence-electron chi connectivity index (χ0n) is 12.3. The van der Waals surface area contributed by atoms with E-state index in [1.807, 2.05) is 0 Å². The van der Waals surface area contributed by atoms with Gasteiger partial charge in [0, 0.05) is 11.7 Å². The van der Waals surface area contributed by atoms with Crippen molar-refractivity contribution >= 4 is 11.7 Å². The van der Waals surface area contributed by atoms with Gasteiger partial charge in [0.2, 0.25) is 0 Å². The van der Waals surface area contributed by atoms with Crippen molar-refractivity contribution in [2.45, 2.75) is 46.6 Å². The fourth-order valence-electron chi connectivity index (χ4n) is 2.26. The van der Waals surface area contributed by atoms with Gasteiger partial charge in [0.1, 0.15) is 0 Å². The smallest absolute Gasteiger partial charge is 0.306 e. The highest BCUT2D eigenvalue weighted by Crippen LogP contribution is 2.19. The van der Waals surface area contributed by atoms with Gasteiger partial charge in [-0.15, -0.1) is 0 Å². The van der Waals surface area contributed by atoms with Gasteiger partial charge in [-0.05, 0) is 50.3 Å². The maximum atomic E-state index is 10.8. The fourth-order valence-corrected chi connectivity index (χ4v) is 2.26. The van der Waals surface area contributed by atoms with E-state index in [4.69, 9.17) is 5.11 Å². The summed E-state index contributed by atoms with van der Waals surface area (Å²) >= 11 is 0. The lowest BCUT2D eigenvalue weighted by Gasteiger charge is -2.15. The van der Waals surface area contributed by atoms with Crippen molar-refractivity contribution in [2.75, 3.05) is 5.32 Å². The van der Waals surface area contributed by atoms with Crippen molar-refractivity contribution in [2.24, 2.45) is 11.8 Å². The van der Waals surface area contributed by atoms with Gasteiger partial charge in [-0.3, -0.25) is 4.79 Å². The molecule has 106 valence electrons. The lowest BCUT2D eigenvalue weighted by molar-refractivity contribution is -0.141. The molecule has 0 saturated carbocycles. The topological polar surface area (TPSA) is 49.3 Å². The summed E-state index contributed by atoms with van der Waals surface area (Å²) in [7, 11) is 0. The van der Waals surface area contributed by atoms with E-state index >= 15 is 0 Å². The van der Waals surface area contributed by atoms with Crippen LogP contribution in [0, 0.1) is 11.8 Å². The molecule has 0 saturated heterocycles. The number of rotatable bonds is 7. The molecule has 1 aromatic carbocycles. The van der Waals surface area contributed by atoms with E-state index in [-0.39, 0.29) is 5.92 Å². The van der Waals surface area contributed by atoms with E-state index in [0.29, 0.717) is 12.0 Å². The fraction of sp³-hybridized carbons (Fsp3) is 0.562. The highest BCUT2D eigenvalue weighted by molar-refractivity contribution is 5.69. The zero-order chi connectivity index (χ0) is 14.4. The molecule has 3 heteroatoms. The molecule has 2 N–H and O–H groups in total. The number of hydrogen-bond acceptors (Lipinski definition) is 2. The van der Waals surface area contributed by atoms with E-state index in [1.165, 1.54) is 5.56 Å². The summed E-state index contributed by atoms with van der Waals surface area (Å²) in [5.41, 5.74) is 2.39. The van der Waals surface area contributed by atoms with Gasteiger partial charge in [0.05, 0.1) is 5.92 Å². The quantitative estimate of drug-likeness (QED) is 0.786. The van der Waals surface area contributed by atoms with Crippen LogP contribution in [0.4, 0.5) is 5.69 Å². The molecule has 0 aromatic heterocycles. The van der Waals surface area contributed by atoms with E-state index in [0.717, 1.165) is 18.5 Å². The van der Waals surface area contributed by atoms with Gasteiger partial charge in [0.25, 0.3) is 0 Å². The summed E-state index contributed by atoms with van der Waals surface area (Å²) in [5, 5.41) is 12.3. The van der Waals surface area contributed by atoms with Crippen LogP contribution in [0.2, 0.25) is 0 Å². The number of benzene rings is 1. The second-order valence-corrected chi connectivity index (χ2v) is 5.78. The zero-order valence-corrected chi connectivity index (χ0v) is 12.3. The Balaban J connectivity index is 2.50. The summed E-state index contributed by atoms with van der Waals surface area (Å²) < 4.78 is 0. The Morgan fingerprint density at radius 3 is 2.21 bits per heavy atom. The second-order valence-electron chi connectivity index (χ2n) is 5.78. The molecule has 0 bridgehead atoms. The van der Waals surface area contributed by atoms with Crippen LogP contribution in [0.1, 0.15) is 39.7 Å². The van der Waals surface area contributed by atoms with Crippen LogP contribution in [0.25, 0.3) is 0 Å². The van der Waals surface area contributed by atoms with Gasteiger partial charge in [0.15, 0.2) is 0 Å². The van der Waals surface area contributed by atoms with E-state index in [9.17, 15) is 4.79 Å². The van der Waals surface area contributed by atoms with Gasteiger partial charge in [-0.1, -0.05) is 26.0 Å². The maximum absolute atomic E-state index is 10.8. The van der Waals surface area contributed by atoms with Crippen LogP contribution < -0.4 is 5.32 Å². The Kier molecular flexibility index (Phi) is 5.87. The number of carboxylic acids is 1. The van der Waals surface area contributed by atoms with Crippen molar-refractivity contribution in [1.29, 1.82) is 0 Å². The van der Waals surface area contributed by atoms with Crippen molar-refractivity contribution < 1.29 is 9.90 Å². The average molecular weight is 263 g/mol. The Bertz CT molecular complexity index is 398. The molecule has 0 aliphatic carbocycles. The number of carboxylic acid groups (broad SMARTS) is 1. The summed E-state index contributed by atoms with van der Waals surface area (Å²) in [5.74, 6) is -0.588. The standard InChI is InChI=1S/C16H25NO2/c1-11(2)17-15-7-5-14(6-8-15)10-12(3)9-13(4)16(18)19/h5-8,11-13,17H,9-10H2,1-4H3,(H,18,19)/t12-,13?/m1/s1. The van der Waals surface area contributed by atoms with Crippen LogP contribution in [0.3, 0.4) is 0 Å². The number of nitrogens with one attached hydrogen (secondary N) is 1. The molecule has 0 aliphatic heterocycles. The largest absolute Gasteiger partial charge is 0.481 e. The molecule has 1 rings (SSSR count). The predicted molar refractivity (Wildman–Crippen MR) is 79.5 cm³/mol. The molecule has 1 unspecified atom stereocenters. The maximum Gasteiger partial charge on any atom is 0.306 e. The monoisotopic (exact) mass is 263 g/mol. The minimum absolute atomic E-state index is 0.267. The van der Waals surface area contributed by atoms with Crippen LogP contribution >= 0.6 is 0 Å². The number of hydrogen-bond donors (Lipinski definition) is 2. The third kappa shape index (κ3) is 5.77. The minimum Gasteiger partial charge on any atom is -0.481 e. The Morgan fingerprint density at radius 2 is 1.74 bits per heavy atom. The first kappa shape index (κ1) is 15.5. The summed E-state index contributed by atoms with van der Waals surface area (Å²) in [6.07, 6.45) is 1.65. The molecule has 0 aliphatic rings. The molecule has 0 spiro atoms. The molecule has 0 heterocycles. The Labute approximate surface area is 116 Å². The van der Waals surface area contributed by atoms with E-state index in [2.05, 4.69) is 50.4 Å². The number of anilines is 1. The van der Waals surface area contributed by atoms with Crippen molar-refractivity contribution in [3.8, 4) is 0 Å². The third-order valence-electron chi connectivity index (χ3n) is 3.17. The summed E-state index contributed by atoms with van der Waals surface area (Å²) in [6.45, 7) is 8.11. The van der Waals surface area contributed by atoms with Crippen molar-refractivity contribution in [3.05, 3.63) is 29.8 Å². The number of carbonyl (C=O) groups is 1. The Hall–Kier alpha value is -1.51. The molecular formula is C16H25NO2. The van der Waals surface area contributed by atoms with Crippen molar-refractivity contribution in [3.63, 3.8) is 0 Å². The predicted octanol–water partition coefficient (Wildman–Crippen LogP) is 3.80. The van der Waals surface area contributed by atoms with Crippen LogP contribution in [-0.2, 0) is 11.2 Å². The first-order chi connectivity index (χ1) is 8.88. The lowest BCUT2D eigenvalue weighted by Crippen LogP contribution is -2.14. The molecular weight excluding hydrogens is 238 g/mol. The van der Waals surface area contributed by atoms with Gasteiger partial charge >= 0.3 is 5.97 Å². The summed E-state index contributed by atoms with van der Waals surface area (Å²) in [6, 6.07) is 8.84. The van der Waals surface area contributed by atoms with E-state index < -0.39 is 5.97 Å². The van der Waals surface area contributed by atoms with E-state index in [1.54, 1.807) is 6.92 Å². The molecule has 1 aromatic rings. The average Bonchev–Trinajstić information content (AvgIpc) is 2.30. The third-order valence-corrected chi connectivity index (χ3v) is 3.17. The SMILES string of the molecule is CC(C)Nc1ccc(C[C@H](C)CC(C)C(=O)O)cc1. The molecule has 0 fully saturated rings. The molecule has 0 amide bonds. The van der Waals surface area contributed by atoms with Gasteiger partial charge < -0.3 is 10.4 Å². The van der Waals surface area contributed by atoms with Crippen molar-refractivity contribution in [1.82, 2.24) is 0 Å². The highest BCUT2D eigenvalue weighted by atomic mass is 16.4. The lowest BCUT2D eigenvalue weighted by atomic mass is 9.92.